The molecule has 1 aliphatic rings. The highest BCUT2D eigenvalue weighted by Crippen LogP contribution is 2.20. The fraction of sp³-hybridized carbons (Fsp3) is 0.562. The van der Waals surface area contributed by atoms with Gasteiger partial charge in [0.05, 0.1) is 36.4 Å². The van der Waals surface area contributed by atoms with E-state index in [9.17, 15) is 4.79 Å². The molecule has 1 saturated heterocycles. The molecule has 7 nitrogen and oxygen atoms in total. The van der Waals surface area contributed by atoms with Gasteiger partial charge in [0.25, 0.3) is 0 Å². The van der Waals surface area contributed by atoms with Crippen LogP contribution in [0.5, 0.6) is 0 Å². The molecule has 1 fully saturated rings. The van der Waals surface area contributed by atoms with Crippen LogP contribution in [-0.4, -0.2) is 49.9 Å². The van der Waals surface area contributed by atoms with Crippen molar-refractivity contribution in [1.29, 1.82) is 0 Å². The van der Waals surface area contributed by atoms with Crippen molar-refractivity contribution >= 4 is 11.6 Å². The molecule has 1 amide bonds. The first-order valence-electron chi connectivity index (χ1n) is 8.07. The highest BCUT2D eigenvalue weighted by atomic mass is 16.2. The molecule has 3 rings (SSSR count). The Morgan fingerprint density at radius 2 is 2.26 bits per heavy atom. The summed E-state index contributed by atoms with van der Waals surface area (Å²) < 4.78 is 1.97. The molecule has 0 saturated carbocycles. The third-order valence-corrected chi connectivity index (χ3v) is 4.40. The third-order valence-electron chi connectivity index (χ3n) is 4.40. The van der Waals surface area contributed by atoms with Crippen LogP contribution in [0.15, 0.2) is 12.4 Å². The fourth-order valence-corrected chi connectivity index (χ4v) is 3.19. The summed E-state index contributed by atoms with van der Waals surface area (Å²) in [7, 11) is 0. The maximum absolute atomic E-state index is 12.4. The highest BCUT2D eigenvalue weighted by Gasteiger charge is 2.27. The smallest absolute Gasteiger partial charge is 0.238 e. The first-order chi connectivity index (χ1) is 11.0. The Hall–Kier alpha value is -2.15. The van der Waals surface area contributed by atoms with Crippen LogP contribution in [0.2, 0.25) is 0 Å². The molecule has 23 heavy (non-hydrogen) atoms. The van der Waals surface area contributed by atoms with Crippen molar-refractivity contribution in [3.8, 4) is 0 Å². The van der Waals surface area contributed by atoms with Crippen LogP contribution in [0.4, 0.5) is 5.69 Å². The number of nitrogens with one attached hydrogen (secondary N) is 2. The van der Waals surface area contributed by atoms with Crippen molar-refractivity contribution < 1.29 is 4.79 Å². The van der Waals surface area contributed by atoms with Crippen LogP contribution >= 0.6 is 0 Å². The summed E-state index contributed by atoms with van der Waals surface area (Å²) in [4.78, 5) is 14.6. The number of carbonyl (C=O) groups is 1. The van der Waals surface area contributed by atoms with Gasteiger partial charge >= 0.3 is 0 Å². The van der Waals surface area contributed by atoms with E-state index in [0.29, 0.717) is 12.6 Å². The zero-order valence-electron chi connectivity index (χ0n) is 14.0. The zero-order chi connectivity index (χ0) is 16.4. The van der Waals surface area contributed by atoms with Crippen LogP contribution in [-0.2, 0) is 11.3 Å². The lowest BCUT2D eigenvalue weighted by atomic mass is 10.2. The molecule has 0 spiro atoms. The number of nitrogens with zero attached hydrogens (tertiary/aromatic N) is 4. The molecule has 7 heteroatoms. The molecule has 2 aromatic heterocycles. The molecule has 0 aromatic carbocycles. The highest BCUT2D eigenvalue weighted by molar-refractivity contribution is 5.93. The molecule has 0 bridgehead atoms. The third kappa shape index (κ3) is 3.61. The molecule has 0 aliphatic carbocycles. The minimum Gasteiger partial charge on any atom is -0.322 e. The predicted octanol–water partition coefficient (Wildman–Crippen LogP) is 1.63. The van der Waals surface area contributed by atoms with Gasteiger partial charge in [-0.25, -0.2) is 0 Å². The minimum atomic E-state index is 0.0149. The van der Waals surface area contributed by atoms with Gasteiger partial charge in [-0.3, -0.25) is 19.5 Å². The van der Waals surface area contributed by atoms with Crippen LogP contribution in [0, 0.1) is 20.8 Å². The number of aromatic nitrogens is 4. The van der Waals surface area contributed by atoms with Crippen molar-refractivity contribution in [3.63, 3.8) is 0 Å². The van der Waals surface area contributed by atoms with Gasteiger partial charge in [0, 0.05) is 12.2 Å². The summed E-state index contributed by atoms with van der Waals surface area (Å²) in [6.45, 7) is 8.05. The van der Waals surface area contributed by atoms with Crippen LogP contribution in [0.25, 0.3) is 0 Å². The second-order valence-electron chi connectivity index (χ2n) is 6.36. The molecule has 124 valence electrons. The van der Waals surface area contributed by atoms with Gasteiger partial charge in [-0.2, -0.15) is 10.2 Å². The van der Waals surface area contributed by atoms with E-state index in [1.165, 1.54) is 0 Å². The maximum Gasteiger partial charge on any atom is 0.238 e. The lowest BCUT2D eigenvalue weighted by molar-refractivity contribution is -0.117. The van der Waals surface area contributed by atoms with E-state index >= 15 is 0 Å². The van der Waals surface area contributed by atoms with Gasteiger partial charge in [-0.05, 0) is 45.7 Å². The SMILES string of the molecule is Cc1cnn(C[C@@H]2CCCN2CC(=O)Nc2c(C)n[nH]c2C)c1. The summed E-state index contributed by atoms with van der Waals surface area (Å²) in [5.74, 6) is 0.0149. The van der Waals surface area contributed by atoms with E-state index in [4.69, 9.17) is 0 Å². The summed E-state index contributed by atoms with van der Waals surface area (Å²) >= 11 is 0. The van der Waals surface area contributed by atoms with Gasteiger partial charge in [0.1, 0.15) is 0 Å². The summed E-state index contributed by atoms with van der Waals surface area (Å²) in [5, 5.41) is 14.3. The van der Waals surface area contributed by atoms with E-state index in [1.54, 1.807) is 0 Å². The first-order valence-corrected chi connectivity index (χ1v) is 8.07. The average molecular weight is 316 g/mol. The number of H-pyrrole nitrogens is 1. The summed E-state index contributed by atoms with van der Waals surface area (Å²) in [6, 6.07) is 0.367. The Morgan fingerprint density at radius 3 is 2.91 bits per heavy atom. The molecule has 3 heterocycles. The Labute approximate surface area is 136 Å². The van der Waals surface area contributed by atoms with Gasteiger partial charge in [0.2, 0.25) is 5.91 Å². The van der Waals surface area contributed by atoms with Crippen LogP contribution in [0.1, 0.15) is 29.8 Å². The molecular weight excluding hydrogens is 292 g/mol. The van der Waals surface area contributed by atoms with E-state index in [-0.39, 0.29) is 5.91 Å². The number of likely N-dealkylation sites (tertiary alicyclic amines) is 1. The minimum absolute atomic E-state index is 0.0149. The Balaban J connectivity index is 1.59. The molecular formula is C16H24N6O. The number of aromatic amines is 1. The van der Waals surface area contributed by atoms with Gasteiger partial charge in [-0.1, -0.05) is 0 Å². The number of rotatable bonds is 5. The summed E-state index contributed by atoms with van der Waals surface area (Å²) in [5.41, 5.74) is 3.67. The second kappa shape index (κ2) is 6.54. The Bertz CT molecular complexity index is 669. The van der Waals surface area contributed by atoms with Gasteiger partial charge in [-0.15, -0.1) is 0 Å². The normalized spacial score (nSPS) is 18.5. The van der Waals surface area contributed by atoms with Crippen molar-refractivity contribution in [2.75, 3.05) is 18.4 Å². The van der Waals surface area contributed by atoms with Crippen molar-refractivity contribution in [3.05, 3.63) is 29.3 Å². The quantitative estimate of drug-likeness (QED) is 0.879. The zero-order valence-corrected chi connectivity index (χ0v) is 14.0. The molecule has 2 N–H and O–H groups in total. The predicted molar refractivity (Wildman–Crippen MR) is 88.3 cm³/mol. The number of aryl methyl sites for hydroxylation is 3. The fourth-order valence-electron chi connectivity index (χ4n) is 3.19. The monoisotopic (exact) mass is 316 g/mol. The Morgan fingerprint density at radius 1 is 1.43 bits per heavy atom. The number of anilines is 1. The molecule has 0 unspecified atom stereocenters. The number of hydrogen-bond acceptors (Lipinski definition) is 4. The van der Waals surface area contributed by atoms with E-state index in [2.05, 4.69) is 31.7 Å². The van der Waals surface area contributed by atoms with Crippen molar-refractivity contribution in [2.45, 2.75) is 46.2 Å². The number of hydrogen-bond donors (Lipinski definition) is 2. The van der Waals surface area contributed by atoms with Crippen LogP contribution in [0.3, 0.4) is 0 Å². The van der Waals surface area contributed by atoms with E-state index in [1.807, 2.05) is 31.6 Å². The van der Waals surface area contributed by atoms with Crippen LogP contribution < -0.4 is 5.32 Å². The summed E-state index contributed by atoms with van der Waals surface area (Å²) in [6.07, 6.45) is 6.16. The average Bonchev–Trinajstić information content (AvgIpc) is 3.18. The topological polar surface area (TPSA) is 78.8 Å². The molecule has 2 aromatic rings. The van der Waals surface area contributed by atoms with Gasteiger partial charge < -0.3 is 5.32 Å². The molecule has 1 atom stereocenters. The number of carbonyl (C=O) groups excluding carboxylic acids is 1. The first kappa shape index (κ1) is 15.7. The standard InChI is InChI=1S/C16H24N6O/c1-11-7-17-22(8-11)9-14-5-4-6-21(14)10-15(23)18-16-12(2)19-20-13(16)3/h7-8,14H,4-6,9-10H2,1-3H3,(H,18,23)(H,19,20)/t14-/m0/s1. The maximum atomic E-state index is 12.4. The lowest BCUT2D eigenvalue weighted by Gasteiger charge is -2.23. The molecule has 0 radical (unpaired) electrons. The Kier molecular flexibility index (Phi) is 4.47. The lowest BCUT2D eigenvalue weighted by Crippen LogP contribution is -2.39. The van der Waals surface area contributed by atoms with Crippen molar-refractivity contribution in [2.24, 2.45) is 0 Å². The second-order valence-corrected chi connectivity index (χ2v) is 6.36. The number of amides is 1. The van der Waals surface area contributed by atoms with Gasteiger partial charge in [0.15, 0.2) is 0 Å². The van der Waals surface area contributed by atoms with E-state index in [0.717, 1.165) is 48.6 Å². The molecule has 1 aliphatic heterocycles. The van der Waals surface area contributed by atoms with E-state index < -0.39 is 0 Å². The largest absolute Gasteiger partial charge is 0.322 e. The van der Waals surface area contributed by atoms with Crippen molar-refractivity contribution in [1.82, 2.24) is 24.9 Å².